The van der Waals surface area contributed by atoms with Gasteiger partial charge in [0.2, 0.25) is 0 Å². The summed E-state index contributed by atoms with van der Waals surface area (Å²) < 4.78 is 3.79. The van der Waals surface area contributed by atoms with Gasteiger partial charge in [-0.2, -0.15) is 4.99 Å². The molecule has 0 unspecified atom stereocenters. The minimum absolute atomic E-state index is 0.279. The topological polar surface area (TPSA) is 34.4 Å². The molecule has 5 heteroatoms. The van der Waals surface area contributed by atoms with E-state index in [4.69, 9.17) is 6.42 Å². The number of carbonyl (C=O) groups is 1. The number of thiazole rings is 1. The molecule has 0 saturated heterocycles. The molecule has 0 aliphatic rings. The van der Waals surface area contributed by atoms with Crippen molar-refractivity contribution in [1.82, 2.24) is 4.57 Å². The summed E-state index contributed by atoms with van der Waals surface area (Å²) in [6, 6.07) is 15.1. The van der Waals surface area contributed by atoms with E-state index in [1.54, 1.807) is 12.1 Å². The molecule has 2 aromatic carbocycles. The molecule has 22 heavy (non-hydrogen) atoms. The number of para-hydroxylation sites is 1. The fourth-order valence-electron chi connectivity index (χ4n) is 2.12. The number of carbonyl (C=O) groups excluding carboxylic acids is 1. The first kappa shape index (κ1) is 14.8. The molecule has 0 N–H and O–H groups in total. The van der Waals surface area contributed by atoms with Crippen molar-refractivity contribution in [2.75, 3.05) is 0 Å². The van der Waals surface area contributed by atoms with E-state index in [0.717, 1.165) is 14.7 Å². The number of aromatic nitrogens is 1. The minimum atomic E-state index is -0.279. The second-order valence-corrected chi connectivity index (χ2v) is 6.49. The van der Waals surface area contributed by atoms with Crippen LogP contribution < -0.4 is 4.80 Å². The van der Waals surface area contributed by atoms with Crippen molar-refractivity contribution in [2.24, 2.45) is 4.99 Å². The van der Waals surface area contributed by atoms with Crippen LogP contribution in [0.5, 0.6) is 0 Å². The zero-order valence-electron chi connectivity index (χ0n) is 11.5. The third kappa shape index (κ3) is 2.89. The molecular formula is C17H11BrN2OS. The number of hydrogen-bond acceptors (Lipinski definition) is 2. The normalized spacial score (nSPS) is 11.5. The highest BCUT2D eigenvalue weighted by Crippen LogP contribution is 2.17. The second-order valence-electron chi connectivity index (χ2n) is 4.57. The third-order valence-corrected chi connectivity index (χ3v) is 4.66. The van der Waals surface area contributed by atoms with E-state index in [1.165, 1.54) is 11.3 Å². The number of fused-ring (bicyclic) bond motifs is 1. The molecule has 0 fully saturated rings. The first-order valence-electron chi connectivity index (χ1n) is 6.55. The Kier molecular flexibility index (Phi) is 4.23. The first-order chi connectivity index (χ1) is 10.7. The molecule has 0 aliphatic carbocycles. The quantitative estimate of drug-likeness (QED) is 0.631. The van der Waals surface area contributed by atoms with Crippen LogP contribution >= 0.6 is 27.3 Å². The van der Waals surface area contributed by atoms with E-state index in [2.05, 4.69) is 26.8 Å². The van der Waals surface area contributed by atoms with Gasteiger partial charge in [0.05, 0.1) is 16.8 Å². The molecule has 3 nitrogen and oxygen atoms in total. The highest BCUT2D eigenvalue weighted by molar-refractivity contribution is 9.10. The van der Waals surface area contributed by atoms with Crippen molar-refractivity contribution in [3.05, 3.63) is 63.4 Å². The smallest absolute Gasteiger partial charge is 0.279 e. The van der Waals surface area contributed by atoms with Gasteiger partial charge in [-0.25, -0.2) is 0 Å². The zero-order chi connectivity index (χ0) is 15.5. The molecule has 108 valence electrons. The molecule has 0 radical (unpaired) electrons. The maximum atomic E-state index is 12.4. The summed E-state index contributed by atoms with van der Waals surface area (Å²) >= 11 is 4.82. The van der Waals surface area contributed by atoms with Gasteiger partial charge < -0.3 is 4.57 Å². The van der Waals surface area contributed by atoms with E-state index < -0.39 is 0 Å². The van der Waals surface area contributed by atoms with Gasteiger partial charge in [0.15, 0.2) is 4.80 Å². The van der Waals surface area contributed by atoms with Gasteiger partial charge in [-0.05, 0) is 30.3 Å². The summed E-state index contributed by atoms with van der Waals surface area (Å²) in [5.74, 6) is 2.34. The number of nitrogens with zero attached hydrogens (tertiary/aromatic N) is 2. The third-order valence-electron chi connectivity index (χ3n) is 3.11. The Hall–Kier alpha value is -2.16. The van der Waals surface area contributed by atoms with Crippen molar-refractivity contribution in [3.63, 3.8) is 0 Å². The van der Waals surface area contributed by atoms with Crippen LogP contribution in [-0.2, 0) is 6.54 Å². The van der Waals surface area contributed by atoms with E-state index >= 15 is 0 Å². The SMILES string of the molecule is C#CCn1c(=NC(=O)c2cccc(Br)c2)sc2ccccc21. The maximum absolute atomic E-state index is 12.4. The molecule has 0 bridgehead atoms. The van der Waals surface area contributed by atoms with Crippen molar-refractivity contribution < 1.29 is 4.79 Å². The number of amides is 1. The Morgan fingerprint density at radius 2 is 2.09 bits per heavy atom. The van der Waals surface area contributed by atoms with Gasteiger partial charge >= 0.3 is 0 Å². The van der Waals surface area contributed by atoms with Crippen LogP contribution in [-0.4, -0.2) is 10.5 Å². The molecular weight excluding hydrogens is 360 g/mol. The molecule has 3 aromatic rings. The number of rotatable bonds is 2. The molecule has 1 heterocycles. The monoisotopic (exact) mass is 370 g/mol. The largest absolute Gasteiger partial charge is 0.305 e. The Labute approximate surface area is 140 Å². The minimum Gasteiger partial charge on any atom is -0.305 e. The van der Waals surface area contributed by atoms with E-state index in [1.807, 2.05) is 41.0 Å². The van der Waals surface area contributed by atoms with Crippen molar-refractivity contribution in [2.45, 2.75) is 6.54 Å². The fraction of sp³-hybridized carbons (Fsp3) is 0.0588. The molecule has 0 saturated carbocycles. The average Bonchev–Trinajstić information content (AvgIpc) is 2.85. The van der Waals surface area contributed by atoms with Crippen LogP contribution in [0.15, 0.2) is 58.0 Å². The van der Waals surface area contributed by atoms with Crippen LogP contribution in [0.25, 0.3) is 10.2 Å². The molecule has 3 rings (SSSR count). The highest BCUT2D eigenvalue weighted by Gasteiger charge is 2.08. The van der Waals surface area contributed by atoms with E-state index in [9.17, 15) is 4.79 Å². The van der Waals surface area contributed by atoms with Crippen LogP contribution in [0.3, 0.4) is 0 Å². The first-order valence-corrected chi connectivity index (χ1v) is 8.16. The van der Waals surface area contributed by atoms with Gasteiger partial charge in [-0.15, -0.1) is 6.42 Å². The predicted molar refractivity (Wildman–Crippen MR) is 92.7 cm³/mol. The van der Waals surface area contributed by atoms with Gasteiger partial charge in [0, 0.05) is 10.0 Å². The van der Waals surface area contributed by atoms with Gasteiger partial charge in [0.25, 0.3) is 5.91 Å². The van der Waals surface area contributed by atoms with E-state index in [-0.39, 0.29) is 5.91 Å². The molecule has 1 aromatic heterocycles. The molecule has 0 aliphatic heterocycles. The molecule has 0 atom stereocenters. The van der Waals surface area contributed by atoms with Gasteiger partial charge in [0.1, 0.15) is 0 Å². The Bertz CT molecular complexity index is 962. The summed E-state index contributed by atoms with van der Waals surface area (Å²) in [5, 5.41) is 0. The number of benzene rings is 2. The van der Waals surface area contributed by atoms with Crippen LogP contribution in [0.1, 0.15) is 10.4 Å². The van der Waals surface area contributed by atoms with E-state index in [0.29, 0.717) is 16.9 Å². The Morgan fingerprint density at radius 1 is 1.27 bits per heavy atom. The summed E-state index contributed by atoms with van der Waals surface area (Å²) in [4.78, 5) is 17.2. The number of halogens is 1. The fourth-order valence-corrected chi connectivity index (χ4v) is 3.55. The summed E-state index contributed by atoms with van der Waals surface area (Å²) in [5.41, 5.74) is 1.53. The lowest BCUT2D eigenvalue weighted by Crippen LogP contribution is -2.16. The average molecular weight is 371 g/mol. The summed E-state index contributed by atoms with van der Waals surface area (Å²) in [6.45, 7) is 0.384. The highest BCUT2D eigenvalue weighted by atomic mass is 79.9. The van der Waals surface area contributed by atoms with Gasteiger partial charge in [-0.1, -0.05) is 51.4 Å². The predicted octanol–water partition coefficient (Wildman–Crippen LogP) is 3.84. The lowest BCUT2D eigenvalue weighted by atomic mass is 10.2. The van der Waals surface area contributed by atoms with Crippen molar-refractivity contribution in [3.8, 4) is 12.3 Å². The van der Waals surface area contributed by atoms with Crippen LogP contribution in [0.4, 0.5) is 0 Å². The Balaban J connectivity index is 2.14. The van der Waals surface area contributed by atoms with Crippen molar-refractivity contribution in [1.29, 1.82) is 0 Å². The number of terminal acetylenes is 1. The lowest BCUT2D eigenvalue weighted by molar-refractivity contribution is 0.0998. The molecule has 1 amide bonds. The summed E-state index contributed by atoms with van der Waals surface area (Å²) in [6.07, 6.45) is 5.44. The van der Waals surface area contributed by atoms with Crippen molar-refractivity contribution >= 4 is 43.4 Å². The lowest BCUT2D eigenvalue weighted by Gasteiger charge is -1.99. The van der Waals surface area contributed by atoms with Gasteiger partial charge in [-0.3, -0.25) is 4.79 Å². The number of hydrogen-bond donors (Lipinski definition) is 0. The Morgan fingerprint density at radius 3 is 2.86 bits per heavy atom. The second kappa shape index (κ2) is 6.30. The standard InChI is InChI=1S/C17H11BrN2OS/c1-2-10-20-14-8-3-4-9-15(14)22-17(20)19-16(21)12-6-5-7-13(18)11-12/h1,3-9,11H,10H2. The molecule has 0 spiro atoms. The van der Waals surface area contributed by atoms with Crippen LogP contribution in [0.2, 0.25) is 0 Å². The van der Waals surface area contributed by atoms with Crippen LogP contribution in [0, 0.1) is 12.3 Å². The summed E-state index contributed by atoms with van der Waals surface area (Å²) in [7, 11) is 0. The maximum Gasteiger partial charge on any atom is 0.279 e. The zero-order valence-corrected chi connectivity index (χ0v) is 13.9.